The van der Waals surface area contributed by atoms with Gasteiger partial charge in [-0.25, -0.2) is 0 Å². The highest BCUT2D eigenvalue weighted by Gasteiger charge is 2.12. The van der Waals surface area contributed by atoms with Crippen LogP contribution >= 0.6 is 0 Å². The third kappa shape index (κ3) is 0.876. The SMILES string of the molecule is N=c1c2cn[nH]c2nc2n1CCCN2. The molecule has 3 heterocycles. The topological polar surface area (TPSA) is 82.4 Å². The fourth-order valence-electron chi connectivity index (χ4n) is 1.75. The zero-order chi connectivity index (χ0) is 9.54. The predicted octanol–water partition coefficient (Wildman–Crippen LogP) is 0.0545. The molecule has 6 nitrogen and oxygen atoms in total. The lowest BCUT2D eigenvalue weighted by atomic mass is 10.3. The molecule has 1 aliphatic heterocycles. The molecule has 0 bridgehead atoms. The van der Waals surface area contributed by atoms with Crippen molar-refractivity contribution >= 4 is 17.0 Å². The van der Waals surface area contributed by atoms with Gasteiger partial charge in [0.2, 0.25) is 5.95 Å². The van der Waals surface area contributed by atoms with Crippen molar-refractivity contribution in [2.75, 3.05) is 11.9 Å². The Morgan fingerprint density at radius 1 is 1.50 bits per heavy atom. The Hall–Kier alpha value is -1.85. The van der Waals surface area contributed by atoms with Crippen molar-refractivity contribution in [1.29, 1.82) is 5.41 Å². The van der Waals surface area contributed by atoms with E-state index < -0.39 is 0 Å². The maximum atomic E-state index is 7.96. The van der Waals surface area contributed by atoms with E-state index in [0.717, 1.165) is 30.8 Å². The van der Waals surface area contributed by atoms with Crippen molar-refractivity contribution in [2.24, 2.45) is 0 Å². The Morgan fingerprint density at radius 3 is 3.36 bits per heavy atom. The van der Waals surface area contributed by atoms with Crippen molar-refractivity contribution in [3.05, 3.63) is 11.7 Å². The number of rotatable bonds is 0. The minimum Gasteiger partial charge on any atom is -0.355 e. The van der Waals surface area contributed by atoms with E-state index in [2.05, 4.69) is 20.5 Å². The van der Waals surface area contributed by atoms with Crippen LogP contribution in [0.2, 0.25) is 0 Å². The summed E-state index contributed by atoms with van der Waals surface area (Å²) in [7, 11) is 0. The van der Waals surface area contributed by atoms with Crippen LogP contribution in [0.3, 0.4) is 0 Å². The average molecular weight is 190 g/mol. The highest BCUT2D eigenvalue weighted by molar-refractivity contribution is 5.73. The van der Waals surface area contributed by atoms with Gasteiger partial charge in [0, 0.05) is 13.1 Å². The van der Waals surface area contributed by atoms with Crippen LogP contribution in [0.4, 0.5) is 5.95 Å². The highest BCUT2D eigenvalue weighted by Crippen LogP contribution is 2.11. The van der Waals surface area contributed by atoms with Crippen LogP contribution in [-0.2, 0) is 6.54 Å². The summed E-state index contributed by atoms with van der Waals surface area (Å²) in [5.74, 6) is 0.762. The molecule has 0 radical (unpaired) electrons. The second kappa shape index (κ2) is 2.57. The minimum atomic E-state index is 0.478. The molecule has 2 aromatic rings. The fraction of sp³-hybridized carbons (Fsp3) is 0.375. The summed E-state index contributed by atoms with van der Waals surface area (Å²) in [6, 6.07) is 0. The Kier molecular flexibility index (Phi) is 1.38. The number of hydrogen-bond donors (Lipinski definition) is 3. The van der Waals surface area contributed by atoms with Gasteiger partial charge in [-0.3, -0.25) is 15.1 Å². The van der Waals surface area contributed by atoms with E-state index in [0.29, 0.717) is 11.1 Å². The van der Waals surface area contributed by atoms with Gasteiger partial charge in [-0.2, -0.15) is 10.1 Å². The Morgan fingerprint density at radius 2 is 2.43 bits per heavy atom. The molecule has 0 fully saturated rings. The van der Waals surface area contributed by atoms with E-state index in [1.165, 1.54) is 0 Å². The molecule has 3 rings (SSSR count). The largest absolute Gasteiger partial charge is 0.355 e. The van der Waals surface area contributed by atoms with Crippen molar-refractivity contribution in [3.8, 4) is 0 Å². The zero-order valence-electron chi connectivity index (χ0n) is 7.54. The van der Waals surface area contributed by atoms with Crippen LogP contribution in [0, 0.1) is 5.41 Å². The lowest BCUT2D eigenvalue weighted by molar-refractivity contribution is 0.590. The Balaban J connectivity index is 2.42. The molecular formula is C8H10N6. The molecule has 6 heteroatoms. The van der Waals surface area contributed by atoms with E-state index in [1.54, 1.807) is 6.20 Å². The fourth-order valence-corrected chi connectivity index (χ4v) is 1.75. The van der Waals surface area contributed by atoms with Crippen LogP contribution < -0.4 is 10.8 Å². The summed E-state index contributed by atoms with van der Waals surface area (Å²) in [6.45, 7) is 1.78. The van der Waals surface area contributed by atoms with Crippen LogP contribution in [0.15, 0.2) is 6.20 Å². The maximum absolute atomic E-state index is 7.96. The zero-order valence-corrected chi connectivity index (χ0v) is 7.54. The van der Waals surface area contributed by atoms with Crippen LogP contribution in [0.25, 0.3) is 11.0 Å². The molecule has 72 valence electrons. The van der Waals surface area contributed by atoms with Gasteiger partial charge in [-0.15, -0.1) is 0 Å². The monoisotopic (exact) mass is 190 g/mol. The van der Waals surface area contributed by atoms with E-state index in [9.17, 15) is 0 Å². The minimum absolute atomic E-state index is 0.478. The molecule has 3 N–H and O–H groups in total. The van der Waals surface area contributed by atoms with Crippen LogP contribution in [-0.4, -0.2) is 26.3 Å². The first kappa shape index (κ1) is 7.54. The second-order valence-electron chi connectivity index (χ2n) is 3.35. The molecule has 0 aliphatic carbocycles. The van der Waals surface area contributed by atoms with Gasteiger partial charge in [0.1, 0.15) is 5.49 Å². The number of aromatic nitrogens is 4. The third-order valence-corrected chi connectivity index (χ3v) is 2.46. The molecule has 1 aliphatic rings. The quantitative estimate of drug-likeness (QED) is 0.549. The molecule has 0 amide bonds. The number of anilines is 1. The summed E-state index contributed by atoms with van der Waals surface area (Å²) in [5, 5.41) is 18.6. The molecule has 14 heavy (non-hydrogen) atoms. The van der Waals surface area contributed by atoms with Gasteiger partial charge < -0.3 is 5.32 Å². The summed E-state index contributed by atoms with van der Waals surface area (Å²) in [5.41, 5.74) is 1.15. The predicted molar refractivity (Wildman–Crippen MR) is 50.8 cm³/mol. The molecule has 0 saturated heterocycles. The summed E-state index contributed by atoms with van der Waals surface area (Å²) in [4.78, 5) is 4.35. The van der Waals surface area contributed by atoms with Crippen molar-refractivity contribution in [2.45, 2.75) is 13.0 Å². The van der Waals surface area contributed by atoms with Crippen LogP contribution in [0.5, 0.6) is 0 Å². The van der Waals surface area contributed by atoms with Crippen molar-refractivity contribution < 1.29 is 0 Å². The van der Waals surface area contributed by atoms with E-state index in [4.69, 9.17) is 5.41 Å². The van der Waals surface area contributed by atoms with E-state index >= 15 is 0 Å². The average Bonchev–Trinajstić information content (AvgIpc) is 2.66. The molecule has 0 aromatic carbocycles. The first-order valence-corrected chi connectivity index (χ1v) is 4.58. The number of hydrogen-bond acceptors (Lipinski definition) is 4. The Labute approximate surface area is 79.5 Å². The number of aromatic amines is 1. The summed E-state index contributed by atoms with van der Waals surface area (Å²) >= 11 is 0. The molecule has 0 spiro atoms. The van der Waals surface area contributed by atoms with Crippen molar-refractivity contribution in [1.82, 2.24) is 19.7 Å². The number of nitrogens with one attached hydrogen (secondary N) is 3. The lowest BCUT2D eigenvalue weighted by Gasteiger charge is -2.19. The van der Waals surface area contributed by atoms with Gasteiger partial charge in [0.05, 0.1) is 11.6 Å². The summed E-state index contributed by atoms with van der Waals surface area (Å²) < 4.78 is 1.88. The third-order valence-electron chi connectivity index (χ3n) is 2.46. The normalized spacial score (nSPS) is 15.1. The van der Waals surface area contributed by atoms with Crippen LogP contribution in [0.1, 0.15) is 6.42 Å². The molecule has 2 aromatic heterocycles. The standard InChI is InChI=1S/C8H10N6/c9-6-5-4-11-13-7(5)12-8-10-2-1-3-14(6)8/h4,9H,1-3H2,(H2,10,11,12,13). The molecule has 0 saturated carbocycles. The lowest BCUT2D eigenvalue weighted by Crippen LogP contribution is -2.30. The maximum Gasteiger partial charge on any atom is 0.206 e. The smallest absolute Gasteiger partial charge is 0.206 e. The first-order valence-electron chi connectivity index (χ1n) is 4.58. The van der Waals surface area contributed by atoms with Gasteiger partial charge in [-0.05, 0) is 6.42 Å². The number of nitrogens with zero attached hydrogens (tertiary/aromatic N) is 3. The molecule has 0 unspecified atom stereocenters. The highest BCUT2D eigenvalue weighted by atomic mass is 15.2. The molecular weight excluding hydrogens is 180 g/mol. The van der Waals surface area contributed by atoms with E-state index in [1.807, 2.05) is 4.57 Å². The summed E-state index contributed by atoms with van der Waals surface area (Å²) in [6.07, 6.45) is 2.68. The van der Waals surface area contributed by atoms with Gasteiger partial charge in [-0.1, -0.05) is 0 Å². The van der Waals surface area contributed by atoms with Gasteiger partial charge in [0.25, 0.3) is 0 Å². The number of fused-ring (bicyclic) bond motifs is 2. The second-order valence-corrected chi connectivity index (χ2v) is 3.35. The Bertz CT molecular complexity index is 536. The number of H-pyrrole nitrogens is 1. The van der Waals surface area contributed by atoms with Gasteiger partial charge >= 0.3 is 0 Å². The van der Waals surface area contributed by atoms with Crippen molar-refractivity contribution in [3.63, 3.8) is 0 Å². The van der Waals surface area contributed by atoms with E-state index in [-0.39, 0.29) is 0 Å². The molecule has 0 atom stereocenters. The van der Waals surface area contributed by atoms with Gasteiger partial charge in [0.15, 0.2) is 5.65 Å². The first-order chi connectivity index (χ1) is 6.86.